The minimum Gasteiger partial charge on any atom is -0.483 e. The quantitative estimate of drug-likeness (QED) is 0.336. The normalized spacial score (nSPS) is 13.8. The fourth-order valence-corrected chi connectivity index (χ4v) is 3.89. The number of amides is 3. The highest BCUT2D eigenvalue weighted by Gasteiger charge is 2.24. The van der Waals surface area contributed by atoms with Gasteiger partial charge in [-0.2, -0.15) is 0 Å². The van der Waals surface area contributed by atoms with Crippen molar-refractivity contribution in [1.82, 2.24) is 15.3 Å². The lowest BCUT2D eigenvalue weighted by Gasteiger charge is -2.34. The van der Waals surface area contributed by atoms with E-state index in [1.807, 2.05) is 47.4 Å². The first kappa shape index (κ1) is 23.5. The maximum atomic E-state index is 12.6. The summed E-state index contributed by atoms with van der Waals surface area (Å²) in [7, 11) is 0. The molecule has 1 saturated heterocycles. The highest BCUT2D eigenvalue weighted by Crippen LogP contribution is 2.25. The lowest BCUT2D eigenvalue weighted by molar-refractivity contribution is -0.140. The Morgan fingerprint density at radius 1 is 0.812 bits per heavy atom. The molecule has 1 heterocycles. The summed E-state index contributed by atoms with van der Waals surface area (Å²) in [6, 6.07) is 13.7. The van der Waals surface area contributed by atoms with Crippen LogP contribution in [0.15, 0.2) is 42.5 Å². The molecule has 0 bridgehead atoms. The number of unbranched alkanes of at least 4 members (excludes halogenated alkanes) is 3. The highest BCUT2D eigenvalue weighted by molar-refractivity contribution is 5.88. The molecule has 0 atom stereocenters. The van der Waals surface area contributed by atoms with E-state index in [2.05, 4.69) is 0 Å². The maximum Gasteiger partial charge on any atom is 0.260 e. The van der Waals surface area contributed by atoms with Crippen LogP contribution >= 0.6 is 0 Å². The van der Waals surface area contributed by atoms with Crippen molar-refractivity contribution in [3.8, 4) is 5.75 Å². The number of nitrogens with one attached hydrogen (secondary N) is 1. The first-order chi connectivity index (χ1) is 15.6. The third-order valence-corrected chi connectivity index (χ3v) is 5.76. The first-order valence-electron chi connectivity index (χ1n) is 11.2. The fourth-order valence-electron chi connectivity index (χ4n) is 3.89. The van der Waals surface area contributed by atoms with Crippen molar-refractivity contribution in [2.24, 2.45) is 0 Å². The predicted octanol–water partition coefficient (Wildman–Crippen LogP) is 2.74. The Balaban J connectivity index is 1.34. The van der Waals surface area contributed by atoms with Crippen LogP contribution in [0.2, 0.25) is 0 Å². The van der Waals surface area contributed by atoms with Crippen LogP contribution in [-0.2, 0) is 14.4 Å². The van der Waals surface area contributed by atoms with E-state index in [4.69, 9.17) is 9.94 Å². The summed E-state index contributed by atoms with van der Waals surface area (Å²) in [6.45, 7) is 2.08. The van der Waals surface area contributed by atoms with Crippen molar-refractivity contribution in [3.63, 3.8) is 0 Å². The zero-order valence-corrected chi connectivity index (χ0v) is 18.3. The molecule has 8 heteroatoms. The zero-order valence-electron chi connectivity index (χ0n) is 18.3. The van der Waals surface area contributed by atoms with Gasteiger partial charge in [-0.1, -0.05) is 49.2 Å². The van der Waals surface area contributed by atoms with Gasteiger partial charge in [0.15, 0.2) is 6.61 Å². The molecule has 0 aromatic heterocycles. The topological polar surface area (TPSA) is 99.2 Å². The van der Waals surface area contributed by atoms with E-state index in [-0.39, 0.29) is 24.3 Å². The Labute approximate surface area is 188 Å². The number of fused-ring (bicyclic) bond motifs is 1. The molecule has 2 aromatic carbocycles. The van der Waals surface area contributed by atoms with Gasteiger partial charge in [0.25, 0.3) is 5.91 Å². The van der Waals surface area contributed by atoms with Crippen LogP contribution in [0, 0.1) is 0 Å². The Morgan fingerprint density at radius 2 is 1.44 bits per heavy atom. The zero-order chi connectivity index (χ0) is 22.8. The van der Waals surface area contributed by atoms with Gasteiger partial charge in [-0.05, 0) is 24.3 Å². The van der Waals surface area contributed by atoms with Crippen molar-refractivity contribution in [3.05, 3.63) is 42.5 Å². The van der Waals surface area contributed by atoms with Crippen LogP contribution in [0.3, 0.4) is 0 Å². The summed E-state index contributed by atoms with van der Waals surface area (Å²) in [4.78, 5) is 39.5. The van der Waals surface area contributed by atoms with E-state index >= 15 is 0 Å². The number of carbonyl (C=O) groups is 3. The summed E-state index contributed by atoms with van der Waals surface area (Å²) < 4.78 is 5.81. The smallest absolute Gasteiger partial charge is 0.260 e. The van der Waals surface area contributed by atoms with Gasteiger partial charge in [0.2, 0.25) is 11.8 Å². The molecule has 2 aromatic rings. The minimum atomic E-state index is -0.379. The molecule has 1 fully saturated rings. The number of piperazine rings is 1. The van der Waals surface area contributed by atoms with E-state index in [1.54, 1.807) is 10.4 Å². The number of nitrogens with zero attached hydrogens (tertiary/aromatic N) is 2. The summed E-state index contributed by atoms with van der Waals surface area (Å²) in [5, 5.41) is 10.5. The van der Waals surface area contributed by atoms with Crippen molar-refractivity contribution < 1.29 is 24.3 Å². The second kappa shape index (κ2) is 12.0. The molecule has 32 heavy (non-hydrogen) atoms. The standard InChI is InChI=1S/C24H31N3O5/c28-22(25-31)12-3-1-2-4-13-23(29)26-14-16-27(17-15-26)24(30)18-32-21-11-7-9-19-8-5-6-10-20(19)21/h5-11,31H,1-4,12-18H2,(H,25,28). The number of benzene rings is 2. The average Bonchev–Trinajstić information content (AvgIpc) is 2.84. The van der Waals surface area contributed by atoms with E-state index in [0.717, 1.165) is 30.0 Å². The summed E-state index contributed by atoms with van der Waals surface area (Å²) >= 11 is 0. The van der Waals surface area contributed by atoms with Gasteiger partial charge < -0.3 is 14.5 Å². The molecule has 0 saturated carbocycles. The summed E-state index contributed by atoms with van der Waals surface area (Å²) in [5.74, 6) is 0.354. The third kappa shape index (κ3) is 6.68. The third-order valence-electron chi connectivity index (χ3n) is 5.76. The van der Waals surface area contributed by atoms with Gasteiger partial charge in [-0.25, -0.2) is 5.48 Å². The predicted molar refractivity (Wildman–Crippen MR) is 120 cm³/mol. The van der Waals surface area contributed by atoms with Crippen molar-refractivity contribution in [2.75, 3.05) is 32.8 Å². The number of rotatable bonds is 10. The highest BCUT2D eigenvalue weighted by atomic mass is 16.5. The Morgan fingerprint density at radius 3 is 2.16 bits per heavy atom. The van der Waals surface area contributed by atoms with Crippen molar-refractivity contribution in [1.29, 1.82) is 0 Å². The van der Waals surface area contributed by atoms with Crippen molar-refractivity contribution >= 4 is 28.5 Å². The largest absolute Gasteiger partial charge is 0.483 e. The Bertz CT molecular complexity index is 919. The molecule has 8 nitrogen and oxygen atoms in total. The van der Waals surface area contributed by atoms with Crippen LogP contribution < -0.4 is 10.2 Å². The molecule has 3 amide bonds. The lowest BCUT2D eigenvalue weighted by Crippen LogP contribution is -2.51. The van der Waals surface area contributed by atoms with Gasteiger partial charge in [0.1, 0.15) is 5.75 Å². The first-order valence-corrected chi connectivity index (χ1v) is 11.2. The molecule has 3 rings (SSSR count). The molecule has 1 aliphatic heterocycles. The average molecular weight is 442 g/mol. The second-order valence-corrected chi connectivity index (χ2v) is 7.98. The molecular formula is C24H31N3O5. The van der Waals surface area contributed by atoms with Crippen LogP contribution in [0.1, 0.15) is 38.5 Å². The summed E-state index contributed by atoms with van der Waals surface area (Å²) in [5.41, 5.74) is 1.62. The van der Waals surface area contributed by atoms with Gasteiger partial charge >= 0.3 is 0 Å². The van der Waals surface area contributed by atoms with Crippen LogP contribution in [0.4, 0.5) is 0 Å². The molecule has 172 valence electrons. The Kier molecular flexibility index (Phi) is 8.86. The number of carbonyl (C=O) groups excluding carboxylic acids is 3. The van der Waals surface area contributed by atoms with Gasteiger partial charge in [-0.15, -0.1) is 0 Å². The molecule has 0 spiro atoms. The number of hydrogen-bond acceptors (Lipinski definition) is 5. The van der Waals surface area contributed by atoms with Crippen LogP contribution in [-0.4, -0.2) is 65.5 Å². The van der Waals surface area contributed by atoms with Crippen molar-refractivity contribution in [2.45, 2.75) is 38.5 Å². The van der Waals surface area contributed by atoms with Crippen LogP contribution in [0.25, 0.3) is 10.8 Å². The fraction of sp³-hybridized carbons (Fsp3) is 0.458. The van der Waals surface area contributed by atoms with Gasteiger partial charge in [0.05, 0.1) is 0 Å². The van der Waals surface area contributed by atoms with Crippen LogP contribution in [0.5, 0.6) is 5.75 Å². The molecule has 0 aliphatic carbocycles. The lowest BCUT2D eigenvalue weighted by atomic mass is 10.1. The number of hydrogen-bond donors (Lipinski definition) is 2. The van der Waals surface area contributed by atoms with Gasteiger partial charge in [-0.3, -0.25) is 19.6 Å². The second-order valence-electron chi connectivity index (χ2n) is 7.98. The van der Waals surface area contributed by atoms with E-state index in [0.29, 0.717) is 51.2 Å². The molecule has 0 radical (unpaired) electrons. The maximum absolute atomic E-state index is 12.6. The number of hydroxylamine groups is 1. The number of ether oxygens (including phenoxy) is 1. The SMILES string of the molecule is O=C(CCCCCCC(=O)N1CCN(C(=O)COc2cccc3ccccc23)CC1)NO. The molecular weight excluding hydrogens is 410 g/mol. The van der Waals surface area contributed by atoms with Gasteiger partial charge in [0, 0.05) is 44.4 Å². The van der Waals surface area contributed by atoms with E-state index in [1.165, 1.54) is 0 Å². The molecule has 1 aliphatic rings. The monoisotopic (exact) mass is 441 g/mol. The van der Waals surface area contributed by atoms with E-state index < -0.39 is 0 Å². The molecule has 0 unspecified atom stereocenters. The molecule has 2 N–H and O–H groups in total. The summed E-state index contributed by atoms with van der Waals surface area (Å²) in [6.07, 6.45) is 3.96. The van der Waals surface area contributed by atoms with E-state index in [9.17, 15) is 14.4 Å². The minimum absolute atomic E-state index is 0.0176. The Hall–Kier alpha value is -3.13.